The molecule has 0 unspecified atom stereocenters. The Hall–Kier alpha value is 1.39. The summed E-state index contributed by atoms with van der Waals surface area (Å²) in [6, 6.07) is 5.47. The van der Waals surface area contributed by atoms with Crippen LogP contribution in [0.1, 0.15) is 84.1 Å². The molecule has 5 heteroatoms. The maximum Gasteiger partial charge on any atom is 1.00 e. The second-order valence-corrected chi connectivity index (χ2v) is 7.38. The molecule has 0 aliphatic heterocycles. The molecule has 26 heavy (non-hydrogen) atoms. The van der Waals surface area contributed by atoms with Gasteiger partial charge in [0.2, 0.25) is 0 Å². The number of hydrogen-bond donors (Lipinski definition) is 0. The van der Waals surface area contributed by atoms with Crippen molar-refractivity contribution < 1.29 is 55.8 Å². The fourth-order valence-electron chi connectivity index (χ4n) is 2.47. The number of unbranched alkanes of at least 4 members (excludes halogenated alkanes) is 6. The van der Waals surface area contributed by atoms with Crippen LogP contribution in [0.2, 0.25) is 5.02 Å². The predicted octanol–water partition coefficient (Wildman–Crippen LogP) is 4.15. The summed E-state index contributed by atoms with van der Waals surface area (Å²) in [7, 11) is 0. The van der Waals surface area contributed by atoms with Crippen LogP contribution in [-0.2, 0) is 19.2 Å². The molecule has 0 spiro atoms. The number of benzene rings is 1. The summed E-state index contributed by atoms with van der Waals surface area (Å²) in [5.74, 6) is -0.314. The third-order valence-electron chi connectivity index (χ3n) is 3.98. The molecule has 0 heterocycles. The van der Waals surface area contributed by atoms with Crippen molar-refractivity contribution in [1.82, 2.24) is 4.31 Å². The first kappa shape index (κ1) is 29.6. The minimum absolute atomic E-state index is 0. The molecule has 1 nitrogen and oxygen atoms in total. The molecule has 0 saturated carbocycles. The minimum atomic E-state index is -0.314. The van der Waals surface area contributed by atoms with E-state index in [-0.39, 0.29) is 57.2 Å². The fourth-order valence-corrected chi connectivity index (χ4v) is 2.99. The van der Waals surface area contributed by atoms with Crippen LogP contribution in [0.4, 0.5) is 4.39 Å². The van der Waals surface area contributed by atoms with E-state index in [2.05, 4.69) is 26.8 Å². The van der Waals surface area contributed by atoms with Gasteiger partial charge in [-0.1, -0.05) is 70.7 Å². The second kappa shape index (κ2) is 21.1. The Balaban J connectivity index is 0. The van der Waals surface area contributed by atoms with Crippen LogP contribution >= 0.6 is 11.6 Å². The largest absolute Gasteiger partial charge is 1.00 e. The Morgan fingerprint density at radius 1 is 0.962 bits per heavy atom. The molecule has 0 saturated heterocycles. The van der Waals surface area contributed by atoms with E-state index in [1.807, 2.05) is 4.31 Å². The molecule has 1 aromatic carbocycles. The van der Waals surface area contributed by atoms with Crippen molar-refractivity contribution in [1.29, 1.82) is 0 Å². The van der Waals surface area contributed by atoms with Gasteiger partial charge in [-0.3, -0.25) is 0 Å². The Morgan fingerprint density at radius 2 is 1.58 bits per heavy atom. The van der Waals surface area contributed by atoms with Crippen LogP contribution in [0.25, 0.3) is 0 Å². The van der Waals surface area contributed by atoms with Crippen LogP contribution in [-0.4, -0.2) is 17.4 Å². The van der Waals surface area contributed by atoms with Crippen molar-refractivity contribution in [3.63, 3.8) is 0 Å². The average Bonchev–Trinajstić information content (AvgIpc) is 2.60. The molecule has 0 bridgehead atoms. The first-order chi connectivity index (χ1) is 12.0. The third kappa shape index (κ3) is 17.5. The van der Waals surface area contributed by atoms with E-state index in [0.717, 1.165) is 31.5 Å². The zero-order chi connectivity index (χ0) is 18.9. The van der Waals surface area contributed by atoms with Crippen molar-refractivity contribution >= 4 is 24.4 Å². The van der Waals surface area contributed by atoms with Gasteiger partial charge in [-0.25, -0.2) is 4.39 Å². The number of nitrogens with zero attached hydrogens (tertiary/aromatic N) is 1. The summed E-state index contributed by atoms with van der Waals surface area (Å²) in [5.41, 5.74) is 0.911. The molecule has 0 N–H and O–H groups in total. The molecule has 0 radical (unpaired) electrons. The van der Waals surface area contributed by atoms with Crippen LogP contribution in [0.15, 0.2) is 12.1 Å². The predicted molar refractivity (Wildman–Crippen MR) is 111 cm³/mol. The van der Waals surface area contributed by atoms with E-state index in [1.54, 1.807) is 0 Å². The van der Waals surface area contributed by atoms with Gasteiger partial charge in [0.1, 0.15) is 0 Å². The van der Waals surface area contributed by atoms with E-state index < -0.39 is 0 Å². The molecular weight excluding hydrogens is 392 g/mol. The quantitative estimate of drug-likeness (QED) is 0.214. The number of aryl methyl sites for hydroxylation is 1. The van der Waals surface area contributed by atoms with E-state index in [1.165, 1.54) is 63.5 Å². The normalized spacial score (nSPS) is 10.3. The van der Waals surface area contributed by atoms with Crippen molar-refractivity contribution in [2.75, 3.05) is 13.1 Å². The van der Waals surface area contributed by atoms with E-state index in [9.17, 15) is 4.39 Å². The molecule has 1 aromatic rings. The molecule has 146 valence electrons. The fraction of sp³-hybridized carbons (Fsp3) is 0.714. The topological polar surface area (TPSA) is 3.24 Å². The molecule has 0 amide bonds. The summed E-state index contributed by atoms with van der Waals surface area (Å²) in [6.45, 7) is 8.71. The number of hydrogen-bond acceptors (Lipinski definition) is 2. The summed E-state index contributed by atoms with van der Waals surface area (Å²) >= 11 is 11.0. The van der Waals surface area contributed by atoms with Crippen LogP contribution < -0.4 is 51.4 Å². The van der Waals surface area contributed by atoms with Gasteiger partial charge in [-0.05, 0) is 32.4 Å². The van der Waals surface area contributed by atoms with Crippen LogP contribution in [0.5, 0.6) is 0 Å². The van der Waals surface area contributed by atoms with Crippen molar-refractivity contribution in [2.24, 2.45) is 0 Å². The zero-order valence-electron chi connectivity index (χ0n) is 17.3. The van der Waals surface area contributed by atoms with Gasteiger partial charge in [0, 0.05) is 5.82 Å². The standard InChI is InChI=1S/C14H19ClF.C7H16NS.K/c1-2-3-4-5-6-7-8-12-11-13(16)9-10-14(12)15;1-3-5-7-8(9)6-4-2;/h10-11H,2-8H2,1H3;3-7H2,1-2H3;/q2*-1;+1. The summed E-state index contributed by atoms with van der Waals surface area (Å²) in [5, 5.41) is 0.634. The summed E-state index contributed by atoms with van der Waals surface area (Å²) in [6.07, 6.45) is 12.0. The maximum absolute atomic E-state index is 12.9. The van der Waals surface area contributed by atoms with Crippen LogP contribution in [0.3, 0.4) is 0 Å². The Kier molecular flexibility index (Phi) is 24.0. The zero-order valence-corrected chi connectivity index (χ0v) is 21.9. The second-order valence-electron chi connectivity index (χ2n) is 6.45. The SMILES string of the molecule is CCCCCCCCc1cc(F)[c-]cc1Cl.CCCCN([S-])CCC.[K+]. The van der Waals surface area contributed by atoms with Crippen LogP contribution in [0, 0.1) is 11.9 Å². The molecule has 1 rings (SSSR count). The van der Waals surface area contributed by atoms with E-state index in [0.29, 0.717) is 5.02 Å². The monoisotopic (exact) mass is 426 g/mol. The van der Waals surface area contributed by atoms with E-state index >= 15 is 0 Å². The third-order valence-corrected chi connectivity index (χ3v) is 4.70. The molecule has 0 aromatic heterocycles. The van der Waals surface area contributed by atoms with Gasteiger partial charge < -0.3 is 17.1 Å². The average molecular weight is 427 g/mol. The smallest absolute Gasteiger partial charge is 0.702 e. The van der Waals surface area contributed by atoms with Crippen molar-refractivity contribution in [3.05, 3.63) is 34.6 Å². The van der Waals surface area contributed by atoms with Gasteiger partial charge in [0.05, 0.1) is 0 Å². The van der Waals surface area contributed by atoms with Gasteiger partial charge >= 0.3 is 51.4 Å². The first-order valence-electron chi connectivity index (χ1n) is 9.82. The van der Waals surface area contributed by atoms with Gasteiger partial charge in [-0.15, -0.1) is 17.7 Å². The molecule has 0 aliphatic rings. The van der Waals surface area contributed by atoms with Gasteiger partial charge in [0.25, 0.3) is 0 Å². The Morgan fingerprint density at radius 3 is 2.19 bits per heavy atom. The van der Waals surface area contributed by atoms with Crippen molar-refractivity contribution in [2.45, 2.75) is 85.0 Å². The number of halogens is 2. The van der Waals surface area contributed by atoms with E-state index in [4.69, 9.17) is 24.4 Å². The van der Waals surface area contributed by atoms with Crippen molar-refractivity contribution in [3.8, 4) is 0 Å². The Bertz CT molecular complexity index is 434. The molecule has 0 atom stereocenters. The molecule has 0 fully saturated rings. The Labute approximate surface area is 214 Å². The molecular formula is C21H35ClFKNS-. The van der Waals surface area contributed by atoms with Gasteiger partial charge in [-0.2, -0.15) is 17.7 Å². The molecule has 0 aliphatic carbocycles. The number of rotatable bonds is 12. The summed E-state index contributed by atoms with van der Waals surface area (Å²) < 4.78 is 14.9. The maximum atomic E-state index is 12.9. The van der Waals surface area contributed by atoms with Gasteiger partial charge in [0.15, 0.2) is 0 Å². The summed E-state index contributed by atoms with van der Waals surface area (Å²) in [4.78, 5) is 0. The minimum Gasteiger partial charge on any atom is -0.702 e. The first-order valence-corrected chi connectivity index (χ1v) is 10.6.